The fourth-order valence-electron chi connectivity index (χ4n) is 2.02. The van der Waals surface area contributed by atoms with E-state index in [0.29, 0.717) is 36.0 Å². The Hall–Kier alpha value is -1.65. The zero-order valence-corrected chi connectivity index (χ0v) is 10.3. The number of fused-ring (bicyclic) bond motifs is 1. The van der Waals surface area contributed by atoms with Crippen LogP contribution in [0.15, 0.2) is 29.1 Å². The minimum atomic E-state index is -0.130. The zero-order valence-electron chi connectivity index (χ0n) is 9.57. The summed E-state index contributed by atoms with van der Waals surface area (Å²) in [6, 6.07) is 7.27. The van der Waals surface area contributed by atoms with Crippen molar-refractivity contribution in [1.82, 2.24) is 9.97 Å². The van der Waals surface area contributed by atoms with Gasteiger partial charge in [-0.15, -0.1) is 0 Å². The van der Waals surface area contributed by atoms with Crippen LogP contribution < -0.4 is 5.56 Å². The zero-order chi connectivity index (χ0) is 12.5. The Morgan fingerprint density at radius 2 is 2.28 bits per heavy atom. The first kappa shape index (κ1) is 11.4. The molecule has 0 radical (unpaired) electrons. The molecule has 1 aromatic heterocycles. The van der Waals surface area contributed by atoms with E-state index >= 15 is 0 Å². The summed E-state index contributed by atoms with van der Waals surface area (Å²) in [6.07, 6.45) is 0.673. The van der Waals surface area contributed by atoms with Crippen LogP contribution in [0.25, 0.3) is 11.4 Å². The van der Waals surface area contributed by atoms with Gasteiger partial charge in [0.05, 0.1) is 24.5 Å². The van der Waals surface area contributed by atoms with Gasteiger partial charge in [-0.2, -0.15) is 0 Å². The SMILES string of the molecule is O=c1[nH]c(-c2cccc(Cl)c2)nc2c1COCC2. The molecule has 2 aromatic rings. The molecular formula is C13H11ClN2O2. The third kappa shape index (κ3) is 2.05. The average Bonchev–Trinajstić information content (AvgIpc) is 2.39. The highest BCUT2D eigenvalue weighted by Gasteiger charge is 2.16. The van der Waals surface area contributed by atoms with Crippen LogP contribution in [0.4, 0.5) is 0 Å². The lowest BCUT2D eigenvalue weighted by Crippen LogP contribution is -2.24. The van der Waals surface area contributed by atoms with Gasteiger partial charge in [-0.05, 0) is 12.1 Å². The first-order valence-corrected chi connectivity index (χ1v) is 6.07. The molecule has 4 nitrogen and oxygen atoms in total. The summed E-state index contributed by atoms with van der Waals surface area (Å²) in [5.74, 6) is 0.558. The van der Waals surface area contributed by atoms with Crippen LogP contribution in [0, 0.1) is 0 Å². The predicted molar refractivity (Wildman–Crippen MR) is 68.7 cm³/mol. The normalized spacial score (nSPS) is 14.3. The van der Waals surface area contributed by atoms with E-state index in [4.69, 9.17) is 16.3 Å². The molecule has 0 spiro atoms. The van der Waals surface area contributed by atoms with Crippen LogP contribution in [0.3, 0.4) is 0 Å². The Bertz CT molecular complexity index is 652. The molecule has 92 valence electrons. The predicted octanol–water partition coefficient (Wildman–Crippen LogP) is 2.16. The maximum Gasteiger partial charge on any atom is 0.256 e. The van der Waals surface area contributed by atoms with E-state index in [1.807, 2.05) is 12.1 Å². The molecule has 0 fully saturated rings. The highest BCUT2D eigenvalue weighted by atomic mass is 35.5. The van der Waals surface area contributed by atoms with Crippen molar-refractivity contribution in [3.05, 3.63) is 50.9 Å². The molecule has 0 atom stereocenters. The molecule has 0 saturated heterocycles. The number of aromatic nitrogens is 2. The van der Waals surface area contributed by atoms with Gasteiger partial charge in [-0.25, -0.2) is 4.98 Å². The molecule has 0 bridgehead atoms. The molecule has 0 unspecified atom stereocenters. The third-order valence-electron chi connectivity index (χ3n) is 2.93. The highest BCUT2D eigenvalue weighted by molar-refractivity contribution is 6.30. The smallest absolute Gasteiger partial charge is 0.256 e. The number of hydrogen-bond donors (Lipinski definition) is 1. The fraction of sp³-hybridized carbons (Fsp3) is 0.231. The van der Waals surface area contributed by atoms with Crippen LogP contribution in [0.5, 0.6) is 0 Å². The molecule has 1 aromatic carbocycles. The van der Waals surface area contributed by atoms with Gasteiger partial charge in [-0.3, -0.25) is 4.79 Å². The van der Waals surface area contributed by atoms with Gasteiger partial charge in [0.25, 0.3) is 5.56 Å². The van der Waals surface area contributed by atoms with Gasteiger partial charge in [0, 0.05) is 17.0 Å². The Morgan fingerprint density at radius 3 is 3.11 bits per heavy atom. The van der Waals surface area contributed by atoms with Crippen molar-refractivity contribution in [1.29, 1.82) is 0 Å². The van der Waals surface area contributed by atoms with Gasteiger partial charge in [0.1, 0.15) is 5.82 Å². The van der Waals surface area contributed by atoms with Crippen molar-refractivity contribution in [2.75, 3.05) is 6.61 Å². The van der Waals surface area contributed by atoms with Gasteiger partial charge in [0.15, 0.2) is 0 Å². The Labute approximate surface area is 109 Å². The molecule has 5 heteroatoms. The highest BCUT2D eigenvalue weighted by Crippen LogP contribution is 2.20. The molecule has 1 aliphatic heterocycles. The second-order valence-corrected chi connectivity index (χ2v) is 4.59. The van der Waals surface area contributed by atoms with Crippen molar-refractivity contribution in [2.24, 2.45) is 0 Å². The number of nitrogens with one attached hydrogen (secondary N) is 1. The summed E-state index contributed by atoms with van der Waals surface area (Å²) < 4.78 is 5.26. The van der Waals surface area contributed by atoms with Gasteiger partial charge < -0.3 is 9.72 Å². The summed E-state index contributed by atoms with van der Waals surface area (Å²) in [4.78, 5) is 19.2. The van der Waals surface area contributed by atoms with Gasteiger partial charge >= 0.3 is 0 Å². The van der Waals surface area contributed by atoms with Crippen molar-refractivity contribution < 1.29 is 4.74 Å². The minimum Gasteiger partial charge on any atom is -0.376 e. The van der Waals surface area contributed by atoms with Gasteiger partial charge in [-0.1, -0.05) is 23.7 Å². The van der Waals surface area contributed by atoms with E-state index in [0.717, 1.165) is 11.3 Å². The van der Waals surface area contributed by atoms with E-state index in [-0.39, 0.29) is 5.56 Å². The largest absolute Gasteiger partial charge is 0.376 e. The molecular weight excluding hydrogens is 252 g/mol. The number of ether oxygens (including phenoxy) is 1. The number of nitrogens with zero attached hydrogens (tertiary/aromatic N) is 1. The lowest BCUT2D eigenvalue weighted by atomic mass is 10.1. The lowest BCUT2D eigenvalue weighted by molar-refractivity contribution is 0.108. The van der Waals surface area contributed by atoms with Crippen LogP contribution >= 0.6 is 11.6 Å². The first-order chi connectivity index (χ1) is 8.74. The second-order valence-electron chi connectivity index (χ2n) is 4.15. The molecule has 1 aliphatic rings. The molecule has 2 heterocycles. The Kier molecular flexibility index (Phi) is 2.89. The molecule has 18 heavy (non-hydrogen) atoms. The van der Waals surface area contributed by atoms with E-state index in [9.17, 15) is 4.79 Å². The molecule has 1 N–H and O–H groups in total. The molecule has 0 saturated carbocycles. The number of hydrogen-bond acceptors (Lipinski definition) is 3. The Morgan fingerprint density at radius 1 is 1.39 bits per heavy atom. The van der Waals surface area contributed by atoms with Gasteiger partial charge in [0.2, 0.25) is 0 Å². The van der Waals surface area contributed by atoms with Crippen molar-refractivity contribution in [3.63, 3.8) is 0 Å². The summed E-state index contributed by atoms with van der Waals surface area (Å²) in [5, 5.41) is 0.621. The van der Waals surface area contributed by atoms with Crippen LogP contribution in [0.2, 0.25) is 5.02 Å². The summed E-state index contributed by atoms with van der Waals surface area (Å²) in [6.45, 7) is 0.950. The molecule has 3 rings (SSSR count). The maximum absolute atomic E-state index is 11.9. The monoisotopic (exact) mass is 262 g/mol. The topological polar surface area (TPSA) is 55.0 Å². The second kappa shape index (κ2) is 4.55. The average molecular weight is 263 g/mol. The lowest BCUT2D eigenvalue weighted by Gasteiger charge is -2.15. The number of benzene rings is 1. The van der Waals surface area contributed by atoms with E-state index in [1.54, 1.807) is 12.1 Å². The number of H-pyrrole nitrogens is 1. The molecule has 0 amide bonds. The summed E-state index contributed by atoms with van der Waals surface area (Å²) in [5.41, 5.74) is 2.13. The Balaban J connectivity index is 2.14. The number of rotatable bonds is 1. The van der Waals surface area contributed by atoms with Crippen molar-refractivity contribution in [2.45, 2.75) is 13.0 Å². The van der Waals surface area contributed by atoms with Crippen LogP contribution in [-0.2, 0) is 17.8 Å². The summed E-state index contributed by atoms with van der Waals surface area (Å²) >= 11 is 5.94. The number of halogens is 1. The van der Waals surface area contributed by atoms with Crippen LogP contribution in [0.1, 0.15) is 11.3 Å². The third-order valence-corrected chi connectivity index (χ3v) is 3.16. The molecule has 0 aliphatic carbocycles. The quantitative estimate of drug-likeness (QED) is 0.857. The summed E-state index contributed by atoms with van der Waals surface area (Å²) in [7, 11) is 0. The minimum absolute atomic E-state index is 0.130. The van der Waals surface area contributed by atoms with E-state index in [1.165, 1.54) is 0 Å². The fourth-order valence-corrected chi connectivity index (χ4v) is 2.21. The van der Waals surface area contributed by atoms with E-state index < -0.39 is 0 Å². The van der Waals surface area contributed by atoms with Crippen LogP contribution in [-0.4, -0.2) is 16.6 Å². The van der Waals surface area contributed by atoms with E-state index in [2.05, 4.69) is 9.97 Å². The standard InChI is InChI=1S/C13H11ClN2O2/c14-9-3-1-2-8(6-9)12-15-11-4-5-18-7-10(11)13(17)16-12/h1-3,6H,4-5,7H2,(H,15,16,17). The number of aromatic amines is 1. The maximum atomic E-state index is 11.9. The van der Waals surface area contributed by atoms with Crippen molar-refractivity contribution >= 4 is 11.6 Å². The van der Waals surface area contributed by atoms with Crippen molar-refractivity contribution in [3.8, 4) is 11.4 Å². The first-order valence-electron chi connectivity index (χ1n) is 5.70.